The van der Waals surface area contributed by atoms with Crippen LogP contribution < -0.4 is 0 Å². The molecule has 0 aliphatic carbocycles. The summed E-state index contributed by atoms with van der Waals surface area (Å²) in [5.41, 5.74) is 1.12. The third-order valence-electron chi connectivity index (χ3n) is 1.40. The van der Waals surface area contributed by atoms with Gasteiger partial charge < -0.3 is 4.52 Å². The van der Waals surface area contributed by atoms with Crippen LogP contribution in [0.5, 0.6) is 0 Å². The Balaban J connectivity index is 2.46. The first-order valence-electron chi connectivity index (χ1n) is 2.87. The van der Waals surface area contributed by atoms with Crippen LogP contribution in [0.15, 0.2) is 15.7 Å². The Bertz CT molecular complexity index is 216. The Morgan fingerprint density at radius 2 is 2.56 bits per heavy atom. The maximum Gasteiger partial charge on any atom is 0.147 e. The lowest BCUT2D eigenvalue weighted by molar-refractivity contribution is 0.391. The highest BCUT2D eigenvalue weighted by atomic mass is 16.5. The summed E-state index contributed by atoms with van der Waals surface area (Å²) in [6, 6.07) is 0. The van der Waals surface area contributed by atoms with E-state index >= 15 is 0 Å². The summed E-state index contributed by atoms with van der Waals surface area (Å²) in [4.78, 5) is 4.07. The van der Waals surface area contributed by atoms with E-state index in [0.29, 0.717) is 0 Å². The number of hydrogen-bond acceptors (Lipinski definition) is 3. The molecule has 0 atom stereocenters. The maximum absolute atomic E-state index is 4.91. The van der Waals surface area contributed by atoms with Crippen molar-refractivity contribution in [2.75, 3.05) is 0 Å². The molecule has 0 bridgehead atoms. The molecule has 1 aromatic heterocycles. The lowest BCUT2D eigenvalue weighted by Crippen LogP contribution is -1.95. The molecule has 0 unspecified atom stereocenters. The predicted molar refractivity (Wildman–Crippen MR) is 32.4 cm³/mol. The molecule has 2 rings (SSSR count). The summed E-state index contributed by atoms with van der Waals surface area (Å²) in [6.07, 6.45) is 4.38. The second-order valence-electron chi connectivity index (χ2n) is 2.00. The van der Waals surface area contributed by atoms with Crippen molar-refractivity contribution in [3.63, 3.8) is 0 Å². The minimum atomic E-state index is 0.735. The zero-order valence-electron chi connectivity index (χ0n) is 4.87. The van der Waals surface area contributed by atoms with E-state index in [4.69, 9.17) is 4.52 Å². The third kappa shape index (κ3) is 0.650. The SMILES string of the molecule is C1=NCc2cnoc2C1. The van der Waals surface area contributed by atoms with Gasteiger partial charge in [-0.2, -0.15) is 0 Å². The van der Waals surface area contributed by atoms with E-state index in [9.17, 15) is 0 Å². The van der Waals surface area contributed by atoms with Crippen LogP contribution in [-0.2, 0) is 13.0 Å². The molecular formula is C6H6N2O. The van der Waals surface area contributed by atoms with Gasteiger partial charge in [-0.1, -0.05) is 5.16 Å². The van der Waals surface area contributed by atoms with Crippen LogP contribution in [0.1, 0.15) is 11.3 Å². The fraction of sp³-hybridized carbons (Fsp3) is 0.333. The van der Waals surface area contributed by atoms with Crippen molar-refractivity contribution in [3.05, 3.63) is 17.5 Å². The van der Waals surface area contributed by atoms with Gasteiger partial charge in [0.2, 0.25) is 0 Å². The predicted octanol–water partition coefficient (Wildman–Crippen LogP) is 0.801. The normalized spacial score (nSPS) is 15.6. The fourth-order valence-electron chi connectivity index (χ4n) is 0.892. The highest BCUT2D eigenvalue weighted by Crippen LogP contribution is 2.12. The van der Waals surface area contributed by atoms with E-state index in [1.54, 1.807) is 6.20 Å². The topological polar surface area (TPSA) is 38.4 Å². The summed E-state index contributed by atoms with van der Waals surface area (Å²) < 4.78 is 4.91. The molecule has 0 amide bonds. The molecule has 2 heterocycles. The Morgan fingerprint density at radius 1 is 1.56 bits per heavy atom. The third-order valence-corrected chi connectivity index (χ3v) is 1.40. The number of aliphatic imine (C=N–C) groups is 1. The summed E-state index contributed by atoms with van der Waals surface area (Å²) in [6.45, 7) is 0.735. The standard InChI is InChI=1S/C6H6N2O/c1-2-7-3-5-4-8-9-6(1)5/h2,4H,1,3H2. The summed E-state index contributed by atoms with van der Waals surface area (Å²) in [5, 5.41) is 3.65. The van der Waals surface area contributed by atoms with Gasteiger partial charge in [0, 0.05) is 18.2 Å². The van der Waals surface area contributed by atoms with Gasteiger partial charge in [0.05, 0.1) is 12.7 Å². The van der Waals surface area contributed by atoms with Crippen molar-refractivity contribution in [1.29, 1.82) is 0 Å². The minimum absolute atomic E-state index is 0.735. The first-order valence-corrected chi connectivity index (χ1v) is 2.87. The second kappa shape index (κ2) is 1.69. The molecule has 46 valence electrons. The van der Waals surface area contributed by atoms with Crippen LogP contribution >= 0.6 is 0 Å². The number of hydrogen-bond donors (Lipinski definition) is 0. The molecule has 0 saturated heterocycles. The van der Waals surface area contributed by atoms with Crippen molar-refractivity contribution in [3.8, 4) is 0 Å². The van der Waals surface area contributed by atoms with E-state index in [2.05, 4.69) is 10.1 Å². The molecule has 0 N–H and O–H groups in total. The fourth-order valence-corrected chi connectivity index (χ4v) is 0.892. The smallest absolute Gasteiger partial charge is 0.147 e. The molecule has 0 fully saturated rings. The van der Waals surface area contributed by atoms with Crippen LogP contribution in [0.3, 0.4) is 0 Å². The quantitative estimate of drug-likeness (QED) is 0.510. The van der Waals surface area contributed by atoms with Gasteiger partial charge in [-0.3, -0.25) is 4.99 Å². The Hall–Kier alpha value is -1.12. The van der Waals surface area contributed by atoms with Crippen molar-refractivity contribution >= 4 is 6.21 Å². The number of aromatic nitrogens is 1. The van der Waals surface area contributed by atoms with Gasteiger partial charge in [0.25, 0.3) is 0 Å². The van der Waals surface area contributed by atoms with Crippen molar-refractivity contribution in [2.24, 2.45) is 4.99 Å². The molecule has 0 spiro atoms. The van der Waals surface area contributed by atoms with Gasteiger partial charge in [-0.15, -0.1) is 0 Å². The highest BCUT2D eigenvalue weighted by molar-refractivity contribution is 5.62. The zero-order chi connectivity index (χ0) is 6.10. The van der Waals surface area contributed by atoms with E-state index in [1.165, 1.54) is 0 Å². The van der Waals surface area contributed by atoms with Gasteiger partial charge in [-0.25, -0.2) is 0 Å². The van der Waals surface area contributed by atoms with Gasteiger partial charge in [0.1, 0.15) is 5.76 Å². The second-order valence-corrected chi connectivity index (χ2v) is 2.00. The van der Waals surface area contributed by atoms with Gasteiger partial charge in [0.15, 0.2) is 0 Å². The lowest BCUT2D eigenvalue weighted by atomic mass is 10.2. The molecule has 3 nitrogen and oxygen atoms in total. The highest BCUT2D eigenvalue weighted by Gasteiger charge is 2.08. The Labute approximate surface area is 52.4 Å². The van der Waals surface area contributed by atoms with Gasteiger partial charge in [-0.05, 0) is 0 Å². The van der Waals surface area contributed by atoms with Crippen molar-refractivity contribution in [1.82, 2.24) is 5.16 Å². The number of rotatable bonds is 0. The van der Waals surface area contributed by atoms with Crippen molar-refractivity contribution in [2.45, 2.75) is 13.0 Å². The van der Waals surface area contributed by atoms with E-state index in [1.807, 2.05) is 6.21 Å². The molecule has 0 radical (unpaired) electrons. The van der Waals surface area contributed by atoms with Crippen LogP contribution in [0.25, 0.3) is 0 Å². The van der Waals surface area contributed by atoms with Crippen LogP contribution in [-0.4, -0.2) is 11.4 Å². The first kappa shape index (κ1) is 4.73. The lowest BCUT2D eigenvalue weighted by Gasteiger charge is -1.98. The van der Waals surface area contributed by atoms with E-state index < -0.39 is 0 Å². The molecule has 9 heavy (non-hydrogen) atoms. The van der Waals surface area contributed by atoms with Crippen molar-refractivity contribution < 1.29 is 4.52 Å². The monoisotopic (exact) mass is 122 g/mol. The minimum Gasteiger partial charge on any atom is -0.361 e. The van der Waals surface area contributed by atoms with Crippen LogP contribution in [0, 0.1) is 0 Å². The largest absolute Gasteiger partial charge is 0.361 e. The number of fused-ring (bicyclic) bond motifs is 1. The molecule has 0 aromatic carbocycles. The van der Waals surface area contributed by atoms with E-state index in [-0.39, 0.29) is 0 Å². The molecule has 3 heteroatoms. The molecule has 1 aliphatic rings. The Kier molecular flexibility index (Phi) is 0.886. The molecule has 1 aliphatic heterocycles. The van der Waals surface area contributed by atoms with E-state index in [0.717, 1.165) is 24.3 Å². The van der Waals surface area contributed by atoms with Gasteiger partial charge >= 0.3 is 0 Å². The van der Waals surface area contributed by atoms with Crippen LogP contribution in [0.2, 0.25) is 0 Å². The maximum atomic E-state index is 4.91. The zero-order valence-corrected chi connectivity index (χ0v) is 4.87. The average Bonchev–Trinajstić information content (AvgIpc) is 2.33. The van der Waals surface area contributed by atoms with Crippen LogP contribution in [0.4, 0.5) is 0 Å². The summed E-state index contributed by atoms with van der Waals surface area (Å²) in [5.74, 6) is 0.963. The number of nitrogens with zero attached hydrogens (tertiary/aromatic N) is 2. The molecular weight excluding hydrogens is 116 g/mol. The summed E-state index contributed by atoms with van der Waals surface area (Å²) in [7, 11) is 0. The molecule has 1 aromatic rings. The molecule has 0 saturated carbocycles. The summed E-state index contributed by atoms with van der Waals surface area (Å²) >= 11 is 0. The first-order chi connectivity index (χ1) is 4.47. The Morgan fingerprint density at radius 3 is 3.44 bits per heavy atom. The average molecular weight is 122 g/mol.